The molecule has 1 atom stereocenters. The summed E-state index contributed by atoms with van der Waals surface area (Å²) in [4.78, 5) is 8.56. The van der Waals surface area contributed by atoms with Crippen LogP contribution in [0.4, 0.5) is 11.5 Å². The predicted molar refractivity (Wildman–Crippen MR) is 103 cm³/mol. The average molecular weight is 471 g/mol. The maximum Gasteiger partial charge on any atom is 0.231 e. The second-order valence-electron chi connectivity index (χ2n) is 5.99. The van der Waals surface area contributed by atoms with Gasteiger partial charge in [-0.15, -0.1) is 0 Å². The molecule has 0 aliphatic carbocycles. The number of para-hydroxylation sites is 1. The van der Waals surface area contributed by atoms with Crippen LogP contribution < -0.4 is 19.5 Å². The van der Waals surface area contributed by atoms with E-state index in [0.29, 0.717) is 47.2 Å². The molecule has 0 spiro atoms. The van der Waals surface area contributed by atoms with Crippen molar-refractivity contribution < 1.29 is 56.8 Å². The third-order valence-electron chi connectivity index (χ3n) is 4.19. The van der Waals surface area contributed by atoms with Crippen molar-refractivity contribution in [1.29, 1.82) is 0 Å². The Balaban J connectivity index is 0.000000778. The number of nitrogens with zero attached hydrogens (tertiary/aromatic N) is 2. The van der Waals surface area contributed by atoms with Crippen LogP contribution in [0.2, 0.25) is 0 Å². The number of fused-ring (bicyclic) bond motifs is 2. The van der Waals surface area contributed by atoms with Gasteiger partial charge in [-0.2, -0.15) is 6.92 Å². The van der Waals surface area contributed by atoms with E-state index >= 15 is 0 Å². The summed E-state index contributed by atoms with van der Waals surface area (Å²) < 4.78 is 21.6. The Kier molecular flexibility index (Phi) is 7.11. The molecule has 0 amide bonds. The van der Waals surface area contributed by atoms with Crippen LogP contribution in [0.5, 0.6) is 23.0 Å². The molecule has 1 fully saturated rings. The first-order chi connectivity index (χ1) is 13.8. The van der Waals surface area contributed by atoms with Gasteiger partial charge < -0.3 is 36.3 Å². The number of nitrogens with one attached hydrogen (secondary N) is 1. The molecule has 3 aromatic rings. The Hall–Kier alpha value is -2.16. The van der Waals surface area contributed by atoms with E-state index in [0.717, 1.165) is 5.69 Å². The number of anilines is 2. The molecule has 2 N–H and O–H groups in total. The van der Waals surface area contributed by atoms with E-state index < -0.39 is 0 Å². The molecule has 3 heterocycles. The maximum absolute atomic E-state index is 10.3. The van der Waals surface area contributed by atoms with Gasteiger partial charge >= 0.3 is 0 Å². The Morgan fingerprint density at radius 3 is 2.86 bits per heavy atom. The normalized spacial score (nSPS) is 15.7. The molecule has 2 aromatic carbocycles. The van der Waals surface area contributed by atoms with E-state index in [2.05, 4.69) is 22.2 Å². The molecule has 2 aliphatic rings. The van der Waals surface area contributed by atoms with E-state index in [-0.39, 0.29) is 51.4 Å². The monoisotopic (exact) mass is 471 g/mol. The Labute approximate surface area is 193 Å². The van der Waals surface area contributed by atoms with E-state index in [1.165, 1.54) is 6.33 Å². The quantitative estimate of drug-likeness (QED) is 0.432. The van der Waals surface area contributed by atoms with Crippen LogP contribution in [0.1, 0.15) is 6.92 Å². The number of rotatable bonds is 5. The van der Waals surface area contributed by atoms with E-state index in [4.69, 9.17) is 18.9 Å². The fourth-order valence-electron chi connectivity index (χ4n) is 2.79. The van der Waals surface area contributed by atoms with Crippen LogP contribution in [0.15, 0.2) is 36.7 Å². The summed E-state index contributed by atoms with van der Waals surface area (Å²) in [6.45, 7) is 6.28. The second kappa shape index (κ2) is 9.56. The van der Waals surface area contributed by atoms with Crippen molar-refractivity contribution >= 4 is 22.4 Å². The van der Waals surface area contributed by atoms with Crippen molar-refractivity contribution in [2.45, 2.75) is 13.0 Å². The number of benzene rings is 2. The van der Waals surface area contributed by atoms with E-state index in [1.54, 1.807) is 19.1 Å². The molecule has 1 unspecified atom stereocenters. The molecule has 8 nitrogen and oxygen atoms in total. The summed E-state index contributed by atoms with van der Waals surface area (Å²) in [7, 11) is 0. The topological polar surface area (TPSA) is 98.3 Å². The van der Waals surface area contributed by atoms with E-state index in [9.17, 15) is 5.11 Å². The van der Waals surface area contributed by atoms with Crippen LogP contribution >= 0.6 is 0 Å². The first-order valence-electron chi connectivity index (χ1n) is 8.86. The van der Waals surface area contributed by atoms with Gasteiger partial charge in [0.15, 0.2) is 23.0 Å². The number of phenols is 1. The minimum atomic E-state index is 0. The van der Waals surface area contributed by atoms with Crippen molar-refractivity contribution in [1.82, 2.24) is 9.97 Å². The maximum atomic E-state index is 10.3. The van der Waals surface area contributed by atoms with Crippen LogP contribution in [0.3, 0.4) is 0 Å². The predicted octanol–water partition coefficient (Wildman–Crippen LogP) is 3.42. The van der Waals surface area contributed by atoms with Crippen molar-refractivity contribution in [3.05, 3.63) is 43.6 Å². The molecular formula is C20H20N3O5Y-. The zero-order valence-electron chi connectivity index (χ0n) is 15.9. The molecule has 0 saturated carbocycles. The van der Waals surface area contributed by atoms with Crippen molar-refractivity contribution in [3.63, 3.8) is 0 Å². The summed E-state index contributed by atoms with van der Waals surface area (Å²) in [5.74, 6) is 2.25. The van der Waals surface area contributed by atoms with Crippen molar-refractivity contribution in [2.75, 3.05) is 25.3 Å². The van der Waals surface area contributed by atoms with Gasteiger partial charge in [0.2, 0.25) is 6.79 Å². The molecule has 1 radical (unpaired) electrons. The number of aromatic nitrogens is 2. The summed E-state index contributed by atoms with van der Waals surface area (Å²) in [5, 5.41) is 14.2. The second-order valence-corrected chi connectivity index (χ2v) is 5.99. The van der Waals surface area contributed by atoms with Gasteiger partial charge in [-0.05, 0) is 18.2 Å². The SMILES string of the molecule is Oc1cc2c(Nc3cccc4c3OCO4)ncnc2cc1OCC1CO1.[CH2-]C.[Y]. The molecule has 5 rings (SSSR count). The molecular weight excluding hydrogens is 451 g/mol. The smallest absolute Gasteiger partial charge is 0.231 e. The Bertz CT molecular complexity index is 997. The van der Waals surface area contributed by atoms with Crippen molar-refractivity contribution in [3.8, 4) is 23.0 Å². The largest absolute Gasteiger partial charge is 0.504 e. The molecule has 0 bridgehead atoms. The fraction of sp³-hybridized carbons (Fsp3) is 0.250. The molecule has 2 aliphatic heterocycles. The van der Waals surface area contributed by atoms with Gasteiger partial charge in [0.05, 0.1) is 17.8 Å². The number of hydrogen-bond acceptors (Lipinski definition) is 8. The average Bonchev–Trinajstić information content (AvgIpc) is 3.43. The zero-order chi connectivity index (χ0) is 19.5. The summed E-state index contributed by atoms with van der Waals surface area (Å²) in [5.41, 5.74) is 1.38. The first-order valence-corrected chi connectivity index (χ1v) is 8.86. The minimum Gasteiger partial charge on any atom is -0.504 e. The summed E-state index contributed by atoms with van der Waals surface area (Å²) >= 11 is 0. The first kappa shape index (κ1) is 21.6. The van der Waals surface area contributed by atoms with Crippen LogP contribution in [-0.2, 0) is 37.4 Å². The number of aromatic hydroxyl groups is 1. The van der Waals surface area contributed by atoms with Gasteiger partial charge in [0.1, 0.15) is 24.9 Å². The fourth-order valence-corrected chi connectivity index (χ4v) is 2.79. The molecule has 29 heavy (non-hydrogen) atoms. The standard InChI is InChI=1S/C18H15N3O5.C2H5.Y/c22-14-4-11-13(5-16(14)24-7-10-6-23-10)19-8-20-18(11)21-12-2-1-3-15-17(12)26-9-25-15;1-2;/h1-5,8,10,22H,6-7,9H2,(H,19,20,21);1H2,2H3;/q;-1;. The number of ether oxygens (including phenoxy) is 4. The van der Waals surface area contributed by atoms with Gasteiger partial charge in [-0.1, -0.05) is 6.07 Å². The number of epoxide rings is 1. The number of hydrogen-bond donors (Lipinski definition) is 2. The van der Waals surface area contributed by atoms with E-state index in [1.807, 2.05) is 18.2 Å². The zero-order valence-corrected chi connectivity index (χ0v) is 18.8. The third-order valence-corrected chi connectivity index (χ3v) is 4.19. The van der Waals surface area contributed by atoms with Gasteiger partial charge in [0, 0.05) is 44.2 Å². The minimum absolute atomic E-state index is 0. The third kappa shape index (κ3) is 4.71. The van der Waals surface area contributed by atoms with Gasteiger partial charge in [-0.3, -0.25) is 0 Å². The summed E-state index contributed by atoms with van der Waals surface area (Å²) in [6.07, 6.45) is 1.56. The van der Waals surface area contributed by atoms with Crippen molar-refractivity contribution in [2.24, 2.45) is 0 Å². The molecule has 149 valence electrons. The van der Waals surface area contributed by atoms with Gasteiger partial charge in [0.25, 0.3) is 0 Å². The summed E-state index contributed by atoms with van der Waals surface area (Å²) in [6, 6.07) is 8.85. The van der Waals surface area contributed by atoms with Crippen LogP contribution in [-0.4, -0.2) is 41.2 Å². The van der Waals surface area contributed by atoms with Crippen LogP contribution in [0.25, 0.3) is 10.9 Å². The van der Waals surface area contributed by atoms with Gasteiger partial charge in [-0.25, -0.2) is 9.97 Å². The molecule has 9 heteroatoms. The number of phenolic OH excluding ortho intramolecular Hbond substituents is 1. The molecule has 1 saturated heterocycles. The van der Waals surface area contributed by atoms with Crippen LogP contribution in [0, 0.1) is 6.92 Å². The molecule has 1 aromatic heterocycles. The Morgan fingerprint density at radius 1 is 1.24 bits per heavy atom. The Morgan fingerprint density at radius 2 is 2.07 bits per heavy atom.